The lowest BCUT2D eigenvalue weighted by Crippen LogP contribution is -2.54. The maximum Gasteiger partial charge on any atom is 0.270 e. The first-order chi connectivity index (χ1) is 14.3. The number of thiocarbonyl (C=S) groups is 1. The molecule has 1 fully saturated rings. The Morgan fingerprint density at radius 1 is 1.20 bits per heavy atom. The van der Waals surface area contributed by atoms with Gasteiger partial charge in [0.25, 0.3) is 11.8 Å². The van der Waals surface area contributed by atoms with Gasteiger partial charge < -0.3 is 19.4 Å². The van der Waals surface area contributed by atoms with Crippen molar-refractivity contribution in [3.8, 4) is 11.5 Å². The monoisotopic (exact) mass is 489 g/mol. The van der Waals surface area contributed by atoms with Crippen molar-refractivity contribution in [2.24, 2.45) is 0 Å². The molecule has 154 valence electrons. The van der Waals surface area contributed by atoms with Crippen LogP contribution in [0.1, 0.15) is 5.56 Å². The molecule has 1 saturated heterocycles. The first-order valence-corrected chi connectivity index (χ1v) is 9.68. The van der Waals surface area contributed by atoms with E-state index in [-0.39, 0.29) is 22.2 Å². The van der Waals surface area contributed by atoms with E-state index in [2.05, 4.69) is 21.2 Å². The average Bonchev–Trinajstić information content (AvgIpc) is 2.71. The van der Waals surface area contributed by atoms with E-state index in [1.165, 1.54) is 30.2 Å². The first-order valence-electron chi connectivity index (χ1n) is 8.48. The third kappa shape index (κ3) is 4.66. The van der Waals surface area contributed by atoms with E-state index < -0.39 is 24.4 Å². The van der Waals surface area contributed by atoms with Crippen molar-refractivity contribution in [3.63, 3.8) is 0 Å². The molecule has 0 atom stereocenters. The van der Waals surface area contributed by atoms with Crippen molar-refractivity contribution in [1.82, 2.24) is 5.32 Å². The number of carboxylic acids is 1. The van der Waals surface area contributed by atoms with Gasteiger partial charge in [0.15, 0.2) is 16.6 Å². The number of nitrogens with one attached hydrogen (secondary N) is 1. The highest BCUT2D eigenvalue weighted by Crippen LogP contribution is 2.30. The van der Waals surface area contributed by atoms with E-state index >= 15 is 0 Å². The van der Waals surface area contributed by atoms with E-state index in [0.717, 1.165) is 4.47 Å². The van der Waals surface area contributed by atoms with Crippen LogP contribution in [-0.2, 0) is 14.4 Å². The van der Waals surface area contributed by atoms with Crippen LogP contribution in [0.2, 0.25) is 0 Å². The fraction of sp³-hybridized carbons (Fsp3) is 0.100. The van der Waals surface area contributed by atoms with Crippen LogP contribution in [0.4, 0.5) is 5.69 Å². The summed E-state index contributed by atoms with van der Waals surface area (Å²) >= 11 is 8.49. The number of ether oxygens (including phenoxy) is 2. The number of nitrogens with zero attached hydrogens (tertiary/aromatic N) is 1. The summed E-state index contributed by atoms with van der Waals surface area (Å²) < 4.78 is 11.1. The molecule has 0 aromatic heterocycles. The van der Waals surface area contributed by atoms with Crippen LogP contribution in [0.15, 0.2) is 52.5 Å². The fourth-order valence-corrected chi connectivity index (χ4v) is 3.22. The van der Waals surface area contributed by atoms with E-state index in [0.29, 0.717) is 11.3 Å². The van der Waals surface area contributed by atoms with Gasteiger partial charge in [0.05, 0.1) is 18.8 Å². The quantitative estimate of drug-likeness (QED) is 0.371. The van der Waals surface area contributed by atoms with Gasteiger partial charge in [0.1, 0.15) is 12.2 Å². The molecule has 0 radical (unpaired) electrons. The number of anilines is 1. The van der Waals surface area contributed by atoms with E-state index in [4.69, 9.17) is 21.7 Å². The van der Waals surface area contributed by atoms with Gasteiger partial charge in [-0.2, -0.15) is 0 Å². The Balaban J connectivity index is 1.94. The molecule has 0 unspecified atom stereocenters. The molecule has 0 bridgehead atoms. The Labute approximate surface area is 185 Å². The minimum absolute atomic E-state index is 0.0203. The minimum Gasteiger partial charge on any atom is -0.546 e. The molecule has 8 nitrogen and oxygen atoms in total. The Kier molecular flexibility index (Phi) is 6.48. The van der Waals surface area contributed by atoms with E-state index in [1.807, 2.05) is 0 Å². The number of carboxylic acid groups (broad SMARTS) is 1. The Hall–Kier alpha value is -3.24. The normalized spacial score (nSPS) is 15.2. The van der Waals surface area contributed by atoms with Crippen molar-refractivity contribution >= 4 is 62.8 Å². The smallest absolute Gasteiger partial charge is 0.270 e. The number of aliphatic carboxylic acids is 1. The van der Waals surface area contributed by atoms with Crippen molar-refractivity contribution in [2.45, 2.75) is 0 Å². The summed E-state index contributed by atoms with van der Waals surface area (Å²) in [6, 6.07) is 11.4. The maximum atomic E-state index is 13.0. The van der Waals surface area contributed by atoms with E-state index in [1.54, 1.807) is 30.3 Å². The molecule has 1 aliphatic heterocycles. The highest BCUT2D eigenvalue weighted by atomic mass is 79.9. The predicted octanol–water partition coefficient (Wildman–Crippen LogP) is 1.42. The molecule has 0 spiro atoms. The summed E-state index contributed by atoms with van der Waals surface area (Å²) in [5.41, 5.74) is 0.842. The van der Waals surface area contributed by atoms with Crippen molar-refractivity contribution < 1.29 is 29.0 Å². The number of carbonyl (C=O) groups excluding carboxylic acids is 3. The van der Waals surface area contributed by atoms with Gasteiger partial charge in [-0.3, -0.25) is 19.8 Å². The van der Waals surface area contributed by atoms with Crippen molar-refractivity contribution in [1.29, 1.82) is 0 Å². The number of halogens is 1. The molecule has 1 N–H and O–H groups in total. The largest absolute Gasteiger partial charge is 0.546 e. The number of benzene rings is 2. The number of amides is 2. The van der Waals surface area contributed by atoms with Crippen LogP contribution >= 0.6 is 28.1 Å². The second-order valence-corrected chi connectivity index (χ2v) is 7.31. The Morgan fingerprint density at radius 2 is 1.90 bits per heavy atom. The number of hydrogen-bond acceptors (Lipinski definition) is 7. The molecule has 2 amide bonds. The zero-order valence-electron chi connectivity index (χ0n) is 15.5. The molecular formula is C20H14BrN2O6S-. The number of hydrogen-bond donors (Lipinski definition) is 1. The van der Waals surface area contributed by atoms with E-state index in [9.17, 15) is 19.5 Å². The van der Waals surface area contributed by atoms with Gasteiger partial charge >= 0.3 is 0 Å². The van der Waals surface area contributed by atoms with Gasteiger partial charge in [0.2, 0.25) is 0 Å². The number of methoxy groups -OCH3 is 1. The van der Waals surface area contributed by atoms with Gasteiger partial charge in [-0.15, -0.1) is 0 Å². The van der Waals surface area contributed by atoms with Crippen LogP contribution in [0.3, 0.4) is 0 Å². The van der Waals surface area contributed by atoms with Crippen molar-refractivity contribution in [2.75, 3.05) is 18.6 Å². The molecule has 30 heavy (non-hydrogen) atoms. The van der Waals surface area contributed by atoms with Gasteiger partial charge in [-0.05, 0) is 60.3 Å². The summed E-state index contributed by atoms with van der Waals surface area (Å²) in [6.45, 7) is -0.642. The highest BCUT2D eigenvalue weighted by Gasteiger charge is 2.34. The second-order valence-electron chi connectivity index (χ2n) is 6.01. The summed E-state index contributed by atoms with van der Waals surface area (Å²) in [5, 5.41) is 13.1. The highest BCUT2D eigenvalue weighted by molar-refractivity contribution is 9.10. The van der Waals surface area contributed by atoms with Gasteiger partial charge in [-0.25, -0.2) is 0 Å². The zero-order chi connectivity index (χ0) is 21.8. The Bertz CT molecular complexity index is 1070. The Morgan fingerprint density at radius 3 is 2.53 bits per heavy atom. The molecule has 0 aliphatic carbocycles. The van der Waals surface area contributed by atoms with Crippen LogP contribution in [0, 0.1) is 0 Å². The molecule has 0 saturated carbocycles. The predicted molar refractivity (Wildman–Crippen MR) is 114 cm³/mol. The molecule has 2 aromatic carbocycles. The third-order valence-corrected chi connectivity index (χ3v) is 4.84. The first kappa shape index (κ1) is 21.5. The van der Waals surface area contributed by atoms with Crippen LogP contribution in [0.5, 0.6) is 11.5 Å². The second kappa shape index (κ2) is 9.06. The lowest BCUT2D eigenvalue weighted by Gasteiger charge is -2.29. The molecule has 10 heteroatoms. The summed E-state index contributed by atoms with van der Waals surface area (Å²) in [5.74, 6) is -2.18. The standard InChI is InChI=1S/C20H15BrN2O6S/c1-28-16-9-11(2-7-15(16)29-10-17(24)25)8-14-18(26)22-20(30)23(19(14)27)13-5-3-12(21)4-6-13/h2-9H,10H2,1H3,(H,24,25)(H,22,26,30)/p-1/b14-8-. The number of carbonyl (C=O) groups is 3. The summed E-state index contributed by atoms with van der Waals surface area (Å²) in [7, 11) is 1.38. The summed E-state index contributed by atoms with van der Waals surface area (Å²) in [4.78, 5) is 37.2. The molecule has 1 heterocycles. The van der Waals surface area contributed by atoms with Gasteiger partial charge in [-0.1, -0.05) is 22.0 Å². The van der Waals surface area contributed by atoms with Crippen LogP contribution < -0.4 is 24.8 Å². The van der Waals surface area contributed by atoms with Crippen LogP contribution in [0.25, 0.3) is 6.08 Å². The minimum atomic E-state index is -1.38. The van der Waals surface area contributed by atoms with Gasteiger partial charge in [0, 0.05) is 4.47 Å². The lowest BCUT2D eigenvalue weighted by atomic mass is 10.1. The topological polar surface area (TPSA) is 108 Å². The fourth-order valence-electron chi connectivity index (χ4n) is 2.68. The van der Waals surface area contributed by atoms with Crippen molar-refractivity contribution in [3.05, 3.63) is 58.1 Å². The molecule has 2 aromatic rings. The van der Waals surface area contributed by atoms with Crippen LogP contribution in [-0.4, -0.2) is 36.6 Å². The lowest BCUT2D eigenvalue weighted by molar-refractivity contribution is -0.307. The third-order valence-electron chi connectivity index (χ3n) is 4.03. The SMILES string of the molecule is COc1cc(/C=C2/C(=O)NC(=S)N(c3ccc(Br)cc3)C2=O)ccc1OCC(=O)[O-]. The molecule has 3 rings (SSSR count). The maximum absolute atomic E-state index is 13.0. The average molecular weight is 490 g/mol. The zero-order valence-corrected chi connectivity index (χ0v) is 17.9. The summed E-state index contributed by atoms with van der Waals surface area (Å²) in [6.07, 6.45) is 1.39. The molecule has 1 aliphatic rings. The number of rotatable bonds is 6. The molecular weight excluding hydrogens is 476 g/mol.